The van der Waals surface area contributed by atoms with Gasteiger partial charge in [-0.1, -0.05) is 41.4 Å². The van der Waals surface area contributed by atoms with E-state index in [4.69, 9.17) is 21.3 Å². The molecule has 0 aliphatic carbocycles. The fourth-order valence-electron chi connectivity index (χ4n) is 4.65. The van der Waals surface area contributed by atoms with Gasteiger partial charge in [0.2, 0.25) is 0 Å². The van der Waals surface area contributed by atoms with Crippen LogP contribution in [0.15, 0.2) is 54.7 Å². The SMILES string of the molecule is CNC(=O)COc1ccc(-c2nc3ncc(Cl)c(N[C@@]4(Cc5cccc(C)c5)CCNC4)c3[nH]2)cc1. The van der Waals surface area contributed by atoms with Gasteiger partial charge in [-0.3, -0.25) is 4.79 Å². The Balaban J connectivity index is 1.43. The first-order valence-corrected chi connectivity index (χ1v) is 12.3. The number of rotatable bonds is 8. The lowest BCUT2D eigenvalue weighted by Gasteiger charge is -2.31. The van der Waals surface area contributed by atoms with Gasteiger partial charge in [-0.2, -0.15) is 0 Å². The van der Waals surface area contributed by atoms with Gasteiger partial charge in [0.1, 0.15) is 17.1 Å². The van der Waals surface area contributed by atoms with Crippen LogP contribution in [0.1, 0.15) is 17.5 Å². The first-order valence-electron chi connectivity index (χ1n) is 12.0. The summed E-state index contributed by atoms with van der Waals surface area (Å²) in [7, 11) is 1.58. The quantitative estimate of drug-likeness (QED) is 0.288. The minimum absolute atomic E-state index is 0.0307. The predicted octanol–water partition coefficient (Wildman–Crippen LogP) is 4.10. The molecule has 2 aromatic carbocycles. The molecular weight excluding hydrogens is 476 g/mol. The third kappa shape index (κ3) is 5.15. The van der Waals surface area contributed by atoms with Crippen LogP contribution in [-0.2, 0) is 11.2 Å². The van der Waals surface area contributed by atoms with Crippen LogP contribution in [0.5, 0.6) is 5.75 Å². The molecule has 0 unspecified atom stereocenters. The molecule has 1 atom stereocenters. The molecule has 5 rings (SSSR count). The Hall–Kier alpha value is -3.62. The van der Waals surface area contributed by atoms with E-state index in [2.05, 4.69) is 57.1 Å². The number of anilines is 1. The fourth-order valence-corrected chi connectivity index (χ4v) is 4.84. The number of carbonyl (C=O) groups excluding carboxylic acids is 1. The topological polar surface area (TPSA) is 104 Å². The average molecular weight is 505 g/mol. The number of H-pyrrole nitrogens is 1. The van der Waals surface area contributed by atoms with Crippen LogP contribution >= 0.6 is 11.6 Å². The number of hydrogen-bond donors (Lipinski definition) is 4. The second kappa shape index (κ2) is 10.2. The molecule has 0 spiro atoms. The minimum Gasteiger partial charge on any atom is -0.484 e. The zero-order chi connectivity index (χ0) is 25.1. The Morgan fingerprint density at radius 2 is 2.06 bits per heavy atom. The van der Waals surface area contributed by atoms with E-state index >= 15 is 0 Å². The highest BCUT2D eigenvalue weighted by Gasteiger charge is 2.35. The van der Waals surface area contributed by atoms with Gasteiger partial charge in [-0.25, -0.2) is 9.97 Å². The summed E-state index contributed by atoms with van der Waals surface area (Å²) >= 11 is 6.68. The van der Waals surface area contributed by atoms with Gasteiger partial charge in [-0.15, -0.1) is 0 Å². The van der Waals surface area contributed by atoms with E-state index in [9.17, 15) is 4.79 Å². The van der Waals surface area contributed by atoms with Crippen LogP contribution in [0.4, 0.5) is 5.69 Å². The number of aromatic nitrogens is 3. The third-order valence-corrected chi connectivity index (χ3v) is 6.80. The van der Waals surface area contributed by atoms with Crippen molar-refractivity contribution in [3.63, 3.8) is 0 Å². The molecule has 36 heavy (non-hydrogen) atoms. The number of aromatic amines is 1. The van der Waals surface area contributed by atoms with E-state index in [0.717, 1.165) is 42.7 Å². The van der Waals surface area contributed by atoms with E-state index in [0.29, 0.717) is 22.2 Å². The first-order chi connectivity index (χ1) is 17.4. The zero-order valence-electron chi connectivity index (χ0n) is 20.3. The van der Waals surface area contributed by atoms with E-state index in [1.54, 1.807) is 13.2 Å². The standard InChI is InChI=1S/C27H29ClN6O2/c1-17-4-3-5-18(12-17)13-27(10-11-30-16-27)34-23-21(28)14-31-26-24(23)32-25(33-26)19-6-8-20(9-7-19)36-15-22(35)29-2/h3-9,12,14,30H,10-11,13,15-16H2,1-2H3,(H,29,35)(H2,31,32,33,34)/t27-/m1/s1. The highest BCUT2D eigenvalue weighted by Crippen LogP contribution is 2.35. The number of nitrogens with one attached hydrogen (secondary N) is 4. The number of imidazole rings is 1. The number of aryl methyl sites for hydroxylation is 1. The van der Waals surface area contributed by atoms with Gasteiger partial charge in [0.25, 0.3) is 5.91 Å². The minimum atomic E-state index is -0.183. The summed E-state index contributed by atoms with van der Waals surface area (Å²) in [5.41, 5.74) is 5.40. The molecule has 0 saturated carbocycles. The number of nitrogens with zero attached hydrogens (tertiary/aromatic N) is 2. The van der Waals surface area contributed by atoms with Crippen molar-refractivity contribution in [1.82, 2.24) is 25.6 Å². The maximum absolute atomic E-state index is 11.4. The lowest BCUT2D eigenvalue weighted by atomic mass is 9.89. The number of fused-ring (bicyclic) bond motifs is 1. The van der Waals surface area contributed by atoms with Crippen LogP contribution in [0.25, 0.3) is 22.6 Å². The van der Waals surface area contributed by atoms with E-state index in [-0.39, 0.29) is 18.1 Å². The van der Waals surface area contributed by atoms with Crippen molar-refractivity contribution in [1.29, 1.82) is 0 Å². The van der Waals surface area contributed by atoms with Crippen LogP contribution in [0.2, 0.25) is 5.02 Å². The molecule has 1 aliphatic heterocycles. The smallest absolute Gasteiger partial charge is 0.257 e. The van der Waals surface area contributed by atoms with Gasteiger partial charge in [0.15, 0.2) is 12.3 Å². The van der Waals surface area contributed by atoms with Gasteiger partial charge in [-0.05, 0) is 56.1 Å². The number of amides is 1. The summed E-state index contributed by atoms with van der Waals surface area (Å²) in [6.45, 7) is 3.86. The monoisotopic (exact) mass is 504 g/mol. The number of ether oxygens (including phenoxy) is 1. The third-order valence-electron chi connectivity index (χ3n) is 6.51. The molecule has 9 heteroatoms. The van der Waals surface area contributed by atoms with Crippen molar-refractivity contribution in [3.8, 4) is 17.1 Å². The van der Waals surface area contributed by atoms with E-state index in [1.807, 2.05) is 24.3 Å². The van der Waals surface area contributed by atoms with Crippen molar-refractivity contribution in [2.75, 3.05) is 32.1 Å². The normalized spacial score (nSPS) is 17.3. The summed E-state index contributed by atoms with van der Waals surface area (Å²) in [6, 6.07) is 16.0. The highest BCUT2D eigenvalue weighted by molar-refractivity contribution is 6.34. The molecule has 4 aromatic rings. The maximum Gasteiger partial charge on any atom is 0.257 e. The van der Waals surface area contributed by atoms with Crippen LogP contribution in [0, 0.1) is 6.92 Å². The summed E-state index contributed by atoms with van der Waals surface area (Å²) in [4.78, 5) is 24.0. The van der Waals surface area contributed by atoms with E-state index in [1.165, 1.54) is 11.1 Å². The number of hydrogen-bond acceptors (Lipinski definition) is 6. The second-order valence-electron chi connectivity index (χ2n) is 9.25. The van der Waals surface area contributed by atoms with Crippen molar-refractivity contribution in [2.45, 2.75) is 25.3 Å². The van der Waals surface area contributed by atoms with E-state index < -0.39 is 0 Å². The molecule has 3 heterocycles. The Kier molecular flexibility index (Phi) is 6.80. The molecule has 1 fully saturated rings. The highest BCUT2D eigenvalue weighted by atomic mass is 35.5. The molecule has 1 saturated heterocycles. The number of carbonyl (C=O) groups is 1. The molecular formula is C27H29ClN6O2. The Morgan fingerprint density at radius 1 is 1.22 bits per heavy atom. The van der Waals surface area contributed by atoms with Gasteiger partial charge in [0, 0.05) is 19.2 Å². The van der Waals surface area contributed by atoms with Crippen LogP contribution in [0.3, 0.4) is 0 Å². The number of pyridine rings is 1. The molecule has 1 amide bonds. The summed E-state index contributed by atoms with van der Waals surface area (Å²) < 4.78 is 5.50. The van der Waals surface area contributed by atoms with Gasteiger partial charge >= 0.3 is 0 Å². The molecule has 1 aliphatic rings. The van der Waals surface area contributed by atoms with Crippen LogP contribution in [-0.4, -0.2) is 53.1 Å². The van der Waals surface area contributed by atoms with Crippen molar-refractivity contribution in [2.24, 2.45) is 0 Å². The summed E-state index contributed by atoms with van der Waals surface area (Å²) in [6.07, 6.45) is 3.50. The van der Waals surface area contributed by atoms with Crippen molar-refractivity contribution >= 4 is 34.4 Å². The molecule has 8 nitrogen and oxygen atoms in total. The molecule has 0 radical (unpaired) electrons. The number of halogens is 1. The van der Waals surface area contributed by atoms with Gasteiger partial charge in [0.05, 0.1) is 22.4 Å². The largest absolute Gasteiger partial charge is 0.484 e. The maximum atomic E-state index is 11.4. The fraction of sp³-hybridized carbons (Fsp3) is 0.296. The zero-order valence-corrected chi connectivity index (χ0v) is 21.1. The Bertz CT molecular complexity index is 1380. The molecule has 186 valence electrons. The lowest BCUT2D eigenvalue weighted by molar-refractivity contribution is -0.122. The van der Waals surface area contributed by atoms with Crippen molar-refractivity contribution < 1.29 is 9.53 Å². The van der Waals surface area contributed by atoms with Crippen molar-refractivity contribution in [3.05, 3.63) is 70.9 Å². The van der Waals surface area contributed by atoms with Crippen LogP contribution < -0.4 is 20.7 Å². The molecule has 2 aromatic heterocycles. The predicted molar refractivity (Wildman–Crippen MR) is 143 cm³/mol. The first kappa shape index (κ1) is 24.1. The summed E-state index contributed by atoms with van der Waals surface area (Å²) in [5.74, 6) is 1.10. The number of likely N-dealkylation sites (N-methyl/N-ethyl adjacent to an activating group) is 1. The molecule has 4 N–H and O–H groups in total. The average Bonchev–Trinajstić information content (AvgIpc) is 3.52. The second-order valence-corrected chi connectivity index (χ2v) is 9.66. The lowest BCUT2D eigenvalue weighted by Crippen LogP contribution is -2.43. The molecule has 0 bridgehead atoms. The number of benzene rings is 2. The Labute approximate surface area is 214 Å². The Morgan fingerprint density at radius 3 is 2.78 bits per heavy atom. The van der Waals surface area contributed by atoms with Gasteiger partial charge < -0.3 is 25.7 Å². The summed E-state index contributed by atoms with van der Waals surface area (Å²) in [5, 5.41) is 10.4.